The van der Waals surface area contributed by atoms with Gasteiger partial charge in [-0.05, 0) is 72.4 Å². The molecule has 2 aromatic rings. The molecule has 2 aromatic carbocycles. The van der Waals surface area contributed by atoms with Crippen molar-refractivity contribution < 1.29 is 30.0 Å². The van der Waals surface area contributed by atoms with Gasteiger partial charge in [-0.25, -0.2) is 0 Å². The van der Waals surface area contributed by atoms with Gasteiger partial charge >= 0.3 is 0 Å². The van der Waals surface area contributed by atoms with Gasteiger partial charge in [-0.1, -0.05) is 57.6 Å². The van der Waals surface area contributed by atoms with Crippen LogP contribution in [-0.2, 0) is 10.2 Å². The SMILES string of the molecule is CCCCCC(CC(=O)CC(O)CC1(c2ccc(O)c(O)c2)CCCCC1)c1ccc(O)c(OC)c1. The lowest BCUT2D eigenvalue weighted by atomic mass is 9.66. The highest BCUT2D eigenvalue weighted by Crippen LogP contribution is 2.45. The van der Waals surface area contributed by atoms with Crippen molar-refractivity contribution in [2.75, 3.05) is 7.11 Å². The topological polar surface area (TPSA) is 107 Å². The first-order valence-electron chi connectivity index (χ1n) is 13.4. The molecule has 4 N–H and O–H groups in total. The first-order valence-corrected chi connectivity index (χ1v) is 13.4. The number of rotatable bonds is 13. The molecule has 0 aliphatic heterocycles. The molecule has 2 atom stereocenters. The molecule has 0 bridgehead atoms. The lowest BCUT2D eigenvalue weighted by Gasteiger charge is -2.39. The zero-order valence-electron chi connectivity index (χ0n) is 21.7. The van der Waals surface area contributed by atoms with Crippen LogP contribution in [0.25, 0.3) is 0 Å². The van der Waals surface area contributed by atoms with Gasteiger partial charge in [0.15, 0.2) is 23.0 Å². The minimum absolute atomic E-state index is 0.00318. The number of ether oxygens (including phenoxy) is 1. The van der Waals surface area contributed by atoms with Crippen LogP contribution in [0.5, 0.6) is 23.0 Å². The maximum absolute atomic E-state index is 13.2. The fourth-order valence-corrected chi connectivity index (χ4v) is 5.81. The predicted molar refractivity (Wildman–Crippen MR) is 141 cm³/mol. The molecule has 36 heavy (non-hydrogen) atoms. The normalized spacial score (nSPS) is 16.9. The van der Waals surface area contributed by atoms with Crippen LogP contribution in [-0.4, -0.2) is 39.4 Å². The predicted octanol–water partition coefficient (Wildman–Crippen LogP) is 6.48. The van der Waals surface area contributed by atoms with Gasteiger partial charge in [0.25, 0.3) is 0 Å². The van der Waals surface area contributed by atoms with E-state index in [2.05, 4.69) is 6.92 Å². The number of unbranched alkanes of at least 4 members (excludes halogenated alkanes) is 2. The summed E-state index contributed by atoms with van der Waals surface area (Å²) >= 11 is 0. The zero-order valence-corrected chi connectivity index (χ0v) is 21.7. The monoisotopic (exact) mass is 498 g/mol. The number of methoxy groups -OCH3 is 1. The van der Waals surface area contributed by atoms with Crippen LogP contribution < -0.4 is 4.74 Å². The zero-order chi connectivity index (χ0) is 26.1. The number of ketones is 1. The highest BCUT2D eigenvalue weighted by atomic mass is 16.5. The van der Waals surface area contributed by atoms with E-state index in [1.807, 2.05) is 18.2 Å². The van der Waals surface area contributed by atoms with Crippen molar-refractivity contribution in [1.29, 1.82) is 0 Å². The molecule has 0 radical (unpaired) electrons. The lowest BCUT2D eigenvalue weighted by Crippen LogP contribution is -2.34. The van der Waals surface area contributed by atoms with Crippen LogP contribution >= 0.6 is 0 Å². The maximum atomic E-state index is 13.2. The van der Waals surface area contributed by atoms with Crippen LogP contribution in [0.2, 0.25) is 0 Å². The first kappa shape index (κ1) is 27.9. The number of aromatic hydroxyl groups is 3. The second-order valence-electron chi connectivity index (χ2n) is 10.5. The van der Waals surface area contributed by atoms with Crippen molar-refractivity contribution in [2.24, 2.45) is 0 Å². The summed E-state index contributed by atoms with van der Waals surface area (Å²) in [5.41, 5.74) is 1.57. The Balaban J connectivity index is 1.71. The van der Waals surface area contributed by atoms with Gasteiger partial charge in [0.1, 0.15) is 5.78 Å². The van der Waals surface area contributed by atoms with E-state index < -0.39 is 6.10 Å². The minimum Gasteiger partial charge on any atom is -0.504 e. The Morgan fingerprint density at radius 2 is 1.67 bits per heavy atom. The first-order chi connectivity index (χ1) is 17.3. The Kier molecular flexibility index (Phi) is 10.1. The second-order valence-corrected chi connectivity index (χ2v) is 10.5. The number of benzene rings is 2. The molecule has 2 unspecified atom stereocenters. The molecule has 6 heteroatoms. The number of hydrogen-bond acceptors (Lipinski definition) is 6. The van der Waals surface area contributed by atoms with E-state index in [9.17, 15) is 25.2 Å². The molecule has 0 spiro atoms. The average Bonchev–Trinajstić information content (AvgIpc) is 2.86. The van der Waals surface area contributed by atoms with E-state index in [1.165, 1.54) is 13.2 Å². The number of carbonyl (C=O) groups excluding carboxylic acids is 1. The van der Waals surface area contributed by atoms with Gasteiger partial charge in [0.2, 0.25) is 0 Å². The summed E-state index contributed by atoms with van der Waals surface area (Å²) < 4.78 is 5.28. The number of hydrogen-bond donors (Lipinski definition) is 4. The third-order valence-corrected chi connectivity index (χ3v) is 7.79. The van der Waals surface area contributed by atoms with Crippen molar-refractivity contribution in [3.8, 4) is 23.0 Å². The highest BCUT2D eigenvalue weighted by Gasteiger charge is 2.37. The number of carbonyl (C=O) groups is 1. The summed E-state index contributed by atoms with van der Waals surface area (Å²) in [7, 11) is 1.52. The smallest absolute Gasteiger partial charge is 0.160 e. The van der Waals surface area contributed by atoms with E-state index in [0.29, 0.717) is 18.6 Å². The highest BCUT2D eigenvalue weighted by molar-refractivity contribution is 5.79. The Bertz CT molecular complexity index is 995. The van der Waals surface area contributed by atoms with E-state index in [1.54, 1.807) is 12.1 Å². The number of aliphatic hydroxyl groups is 1. The molecule has 0 aromatic heterocycles. The molecule has 198 valence electrons. The molecule has 0 heterocycles. The minimum atomic E-state index is -0.780. The third kappa shape index (κ3) is 7.16. The van der Waals surface area contributed by atoms with E-state index >= 15 is 0 Å². The summed E-state index contributed by atoms with van der Waals surface area (Å²) in [6, 6.07) is 10.2. The van der Waals surface area contributed by atoms with E-state index in [0.717, 1.165) is 68.9 Å². The van der Waals surface area contributed by atoms with Crippen molar-refractivity contribution in [2.45, 2.75) is 101 Å². The van der Waals surface area contributed by atoms with Crippen molar-refractivity contribution in [3.63, 3.8) is 0 Å². The third-order valence-electron chi connectivity index (χ3n) is 7.79. The quantitative estimate of drug-likeness (QED) is 0.186. The van der Waals surface area contributed by atoms with Crippen LogP contribution in [0.15, 0.2) is 36.4 Å². The summed E-state index contributed by atoms with van der Waals surface area (Å²) in [6.45, 7) is 2.15. The second kappa shape index (κ2) is 13.0. The number of phenolic OH excluding ortho intramolecular Hbond substituents is 3. The number of phenols is 3. The van der Waals surface area contributed by atoms with E-state index in [-0.39, 0.29) is 40.8 Å². The molecule has 0 amide bonds. The van der Waals surface area contributed by atoms with E-state index in [4.69, 9.17) is 4.74 Å². The summed E-state index contributed by atoms with van der Waals surface area (Å²) in [6.07, 6.45) is 9.11. The fourth-order valence-electron chi connectivity index (χ4n) is 5.81. The van der Waals surface area contributed by atoms with Gasteiger partial charge < -0.3 is 25.2 Å². The Morgan fingerprint density at radius 3 is 2.33 bits per heavy atom. The van der Waals surface area contributed by atoms with Crippen LogP contribution in [0.3, 0.4) is 0 Å². The molecule has 6 nitrogen and oxygen atoms in total. The maximum Gasteiger partial charge on any atom is 0.160 e. The molecular weight excluding hydrogens is 456 g/mol. The molecule has 1 aliphatic carbocycles. The summed E-state index contributed by atoms with van der Waals surface area (Å²) in [5.74, 6) is 0.201. The van der Waals surface area contributed by atoms with Crippen LogP contribution in [0.4, 0.5) is 0 Å². The van der Waals surface area contributed by atoms with Crippen LogP contribution in [0.1, 0.15) is 101 Å². The molecular formula is C30H42O6. The van der Waals surface area contributed by atoms with Gasteiger partial charge in [0, 0.05) is 12.8 Å². The number of aliphatic hydroxyl groups excluding tert-OH is 1. The average molecular weight is 499 g/mol. The van der Waals surface area contributed by atoms with Gasteiger partial charge in [-0.15, -0.1) is 0 Å². The molecule has 3 rings (SSSR count). The largest absolute Gasteiger partial charge is 0.504 e. The Labute approximate surface area is 215 Å². The van der Waals surface area contributed by atoms with Gasteiger partial charge in [-0.3, -0.25) is 4.79 Å². The summed E-state index contributed by atoms with van der Waals surface area (Å²) in [5, 5.41) is 40.9. The standard InChI is InChI=1S/C30H42O6/c1-3-4-6-9-21(22-10-12-27(34)29(17-22)36-2)16-24(31)19-25(32)20-30(14-7-5-8-15-30)23-11-13-26(33)28(35)18-23/h10-13,17-18,21,25,32-35H,3-9,14-16,19-20H2,1-2H3. The molecule has 1 fully saturated rings. The molecule has 1 saturated carbocycles. The Morgan fingerprint density at radius 1 is 0.944 bits per heavy atom. The number of Topliss-reactive ketones (excluding diaryl/α,β-unsaturated/α-hetero) is 1. The van der Waals surface area contributed by atoms with Crippen molar-refractivity contribution >= 4 is 5.78 Å². The van der Waals surface area contributed by atoms with Crippen molar-refractivity contribution in [3.05, 3.63) is 47.5 Å². The van der Waals surface area contributed by atoms with Gasteiger partial charge in [-0.2, -0.15) is 0 Å². The summed E-state index contributed by atoms with van der Waals surface area (Å²) in [4.78, 5) is 13.2. The molecule has 0 saturated heterocycles. The van der Waals surface area contributed by atoms with Crippen molar-refractivity contribution in [1.82, 2.24) is 0 Å². The van der Waals surface area contributed by atoms with Gasteiger partial charge in [0.05, 0.1) is 13.2 Å². The van der Waals surface area contributed by atoms with Crippen LogP contribution in [0, 0.1) is 0 Å². The Hall–Kier alpha value is -2.73. The fraction of sp³-hybridized carbons (Fsp3) is 0.567. The molecule has 1 aliphatic rings. The lowest BCUT2D eigenvalue weighted by molar-refractivity contribution is -0.121.